The Hall–Kier alpha value is -3.89. The van der Waals surface area contributed by atoms with Crippen molar-refractivity contribution in [3.63, 3.8) is 0 Å². The zero-order chi connectivity index (χ0) is 28.1. The lowest BCUT2D eigenvalue weighted by Crippen LogP contribution is -2.34. The first-order valence-corrected chi connectivity index (χ1v) is 13.2. The fourth-order valence-electron chi connectivity index (χ4n) is 4.77. The van der Waals surface area contributed by atoms with Gasteiger partial charge in [0, 0.05) is 45.2 Å². The molecule has 0 aliphatic carbocycles. The molecule has 3 heterocycles. The van der Waals surface area contributed by atoms with E-state index in [9.17, 15) is 14.4 Å². The Bertz CT molecular complexity index is 1420. The van der Waals surface area contributed by atoms with Gasteiger partial charge in [0.15, 0.2) is 0 Å². The molecule has 1 saturated heterocycles. The number of para-hydroxylation sites is 1. The summed E-state index contributed by atoms with van der Waals surface area (Å²) in [4.78, 5) is 47.0. The predicted octanol–water partition coefficient (Wildman–Crippen LogP) is 4.08. The lowest BCUT2D eigenvalue weighted by molar-refractivity contribution is -0.126. The molecule has 1 fully saturated rings. The fraction of sp³-hybridized carbons (Fsp3) is 0.357. The van der Waals surface area contributed by atoms with Crippen LogP contribution in [-0.4, -0.2) is 75.4 Å². The van der Waals surface area contributed by atoms with Crippen LogP contribution in [0.25, 0.3) is 11.0 Å². The number of nitrogens with one attached hydrogen (secondary N) is 2. The van der Waals surface area contributed by atoms with Gasteiger partial charge in [0.05, 0.1) is 33.3 Å². The van der Waals surface area contributed by atoms with Gasteiger partial charge in [-0.25, -0.2) is 4.98 Å². The molecule has 1 aliphatic rings. The molecule has 0 bridgehead atoms. The second-order valence-corrected chi connectivity index (χ2v) is 10.3. The topological polar surface area (TPSA) is 105 Å². The SMILES string of the molecule is C=CC(=O)Nc1cn(C)cc1C(=O)Nc1nc2cccc(Cl)c2n1[C@@H]1CCCCN(C(=O)/C=C/CN(C)C)C1. The number of imidazole rings is 1. The van der Waals surface area contributed by atoms with Crippen molar-refractivity contribution >= 4 is 52.0 Å². The number of anilines is 2. The first-order valence-electron chi connectivity index (χ1n) is 12.8. The van der Waals surface area contributed by atoms with Gasteiger partial charge < -0.3 is 24.3 Å². The van der Waals surface area contributed by atoms with E-state index in [4.69, 9.17) is 16.6 Å². The van der Waals surface area contributed by atoms with Gasteiger partial charge in [0.25, 0.3) is 5.91 Å². The maximum atomic E-state index is 13.5. The number of fused-ring (bicyclic) bond motifs is 1. The molecule has 10 nitrogen and oxygen atoms in total. The highest BCUT2D eigenvalue weighted by Crippen LogP contribution is 2.34. The minimum atomic E-state index is -0.434. The Kier molecular flexibility index (Phi) is 8.88. The van der Waals surface area contributed by atoms with E-state index >= 15 is 0 Å². The maximum Gasteiger partial charge on any atom is 0.261 e. The molecule has 1 aromatic carbocycles. The monoisotopic (exact) mass is 551 g/mol. The fourth-order valence-corrected chi connectivity index (χ4v) is 5.03. The lowest BCUT2D eigenvalue weighted by Gasteiger charge is -2.26. The number of nitrogens with zero attached hydrogens (tertiary/aromatic N) is 5. The number of amides is 3. The van der Waals surface area contributed by atoms with Crippen molar-refractivity contribution in [3.8, 4) is 0 Å². The van der Waals surface area contributed by atoms with Crippen LogP contribution in [0.2, 0.25) is 5.02 Å². The van der Waals surface area contributed by atoms with Crippen molar-refractivity contribution in [2.24, 2.45) is 7.05 Å². The summed E-state index contributed by atoms with van der Waals surface area (Å²) in [5.74, 6) is -0.569. The molecule has 2 aromatic heterocycles. The van der Waals surface area contributed by atoms with Crippen LogP contribution in [0, 0.1) is 0 Å². The second-order valence-electron chi connectivity index (χ2n) is 9.91. The van der Waals surface area contributed by atoms with Gasteiger partial charge in [-0.1, -0.05) is 30.3 Å². The molecule has 0 spiro atoms. The second kappa shape index (κ2) is 12.3. The Morgan fingerprint density at radius 1 is 1.21 bits per heavy atom. The number of aromatic nitrogens is 3. The average Bonchev–Trinajstić information content (AvgIpc) is 3.33. The Labute approximate surface area is 232 Å². The molecular formula is C28H34ClN7O3. The molecule has 4 rings (SSSR count). The number of carbonyl (C=O) groups is 3. The molecule has 11 heteroatoms. The summed E-state index contributed by atoms with van der Waals surface area (Å²) in [6.07, 6.45) is 10.5. The summed E-state index contributed by atoms with van der Waals surface area (Å²) in [7, 11) is 5.66. The Balaban J connectivity index is 1.68. The minimum absolute atomic E-state index is 0.0447. The highest BCUT2D eigenvalue weighted by atomic mass is 35.5. The number of likely N-dealkylation sites (tertiary alicyclic amines) is 1. The average molecular weight is 552 g/mol. The van der Waals surface area contributed by atoms with Crippen molar-refractivity contribution in [1.29, 1.82) is 0 Å². The molecule has 3 amide bonds. The van der Waals surface area contributed by atoms with Gasteiger partial charge in [-0.2, -0.15) is 0 Å². The first kappa shape index (κ1) is 28.1. The van der Waals surface area contributed by atoms with Gasteiger partial charge in [0.2, 0.25) is 17.8 Å². The number of rotatable bonds is 8. The molecule has 3 aromatic rings. The van der Waals surface area contributed by atoms with Gasteiger partial charge >= 0.3 is 0 Å². The van der Waals surface area contributed by atoms with Crippen LogP contribution >= 0.6 is 11.6 Å². The number of hydrogen-bond donors (Lipinski definition) is 2. The maximum absolute atomic E-state index is 13.5. The van der Waals surface area contributed by atoms with E-state index in [-0.39, 0.29) is 17.5 Å². The van der Waals surface area contributed by atoms with E-state index in [0.29, 0.717) is 47.3 Å². The quantitative estimate of drug-likeness (QED) is 0.411. The van der Waals surface area contributed by atoms with Gasteiger partial charge in [0.1, 0.15) is 0 Å². The van der Waals surface area contributed by atoms with Crippen molar-refractivity contribution < 1.29 is 14.4 Å². The van der Waals surface area contributed by atoms with Gasteiger partial charge in [-0.05, 0) is 51.6 Å². The summed E-state index contributed by atoms with van der Waals surface area (Å²) in [6.45, 7) is 5.26. The molecule has 1 aliphatic heterocycles. The molecule has 2 N–H and O–H groups in total. The van der Waals surface area contributed by atoms with Gasteiger partial charge in [-0.3, -0.25) is 19.7 Å². The van der Waals surface area contributed by atoms with Crippen LogP contribution in [0.1, 0.15) is 35.7 Å². The van der Waals surface area contributed by atoms with Crippen LogP contribution in [-0.2, 0) is 16.6 Å². The first-order chi connectivity index (χ1) is 18.7. The number of carbonyl (C=O) groups excluding carboxylic acids is 3. The summed E-state index contributed by atoms with van der Waals surface area (Å²) in [5, 5.41) is 6.12. The van der Waals surface area contributed by atoms with Crippen molar-refractivity contribution in [1.82, 2.24) is 23.9 Å². The number of halogens is 1. The number of hydrogen-bond acceptors (Lipinski definition) is 5. The third kappa shape index (κ3) is 6.58. The standard InChI is InChI=1S/C28H34ClN7O3/c1-5-24(37)30-23-18-34(4)17-20(23)27(39)32-28-31-22-12-8-11-21(29)26(22)36(28)19-10-6-7-15-35(16-19)25(38)13-9-14-33(2)3/h5,8-9,11-13,17-19H,1,6-7,10,14-16H2,2-4H3,(H,30,37)(H,31,32,39)/b13-9+/t19-/m1/s1. The molecule has 0 unspecified atom stereocenters. The summed E-state index contributed by atoms with van der Waals surface area (Å²) < 4.78 is 3.63. The van der Waals surface area contributed by atoms with E-state index in [1.165, 1.54) is 0 Å². The van der Waals surface area contributed by atoms with Crippen LogP contribution in [0.5, 0.6) is 0 Å². The van der Waals surface area contributed by atoms with Crippen molar-refractivity contribution in [2.45, 2.75) is 25.3 Å². The van der Waals surface area contributed by atoms with E-state index in [1.54, 1.807) is 36.2 Å². The molecule has 206 valence electrons. The Morgan fingerprint density at radius 2 is 2.00 bits per heavy atom. The highest BCUT2D eigenvalue weighted by Gasteiger charge is 2.28. The van der Waals surface area contributed by atoms with Gasteiger partial charge in [-0.15, -0.1) is 0 Å². The molecule has 1 atom stereocenters. The van der Waals surface area contributed by atoms with Crippen LogP contribution in [0.3, 0.4) is 0 Å². The largest absolute Gasteiger partial charge is 0.354 e. The highest BCUT2D eigenvalue weighted by molar-refractivity contribution is 6.35. The van der Waals surface area contributed by atoms with Crippen LogP contribution in [0.15, 0.2) is 55.4 Å². The predicted molar refractivity (Wildman–Crippen MR) is 154 cm³/mol. The zero-order valence-corrected chi connectivity index (χ0v) is 23.2. The third-order valence-corrected chi connectivity index (χ3v) is 6.89. The summed E-state index contributed by atoms with van der Waals surface area (Å²) in [5.41, 5.74) is 1.97. The Morgan fingerprint density at radius 3 is 2.74 bits per heavy atom. The zero-order valence-electron chi connectivity index (χ0n) is 22.5. The molecule has 0 radical (unpaired) electrons. The van der Waals surface area contributed by atoms with E-state index in [1.807, 2.05) is 46.7 Å². The number of benzene rings is 1. The lowest BCUT2D eigenvalue weighted by atomic mass is 10.1. The number of likely N-dealkylation sites (N-methyl/N-ethyl adjacent to an activating group) is 1. The van der Waals surface area contributed by atoms with Crippen molar-refractivity contribution in [2.75, 3.05) is 44.4 Å². The third-order valence-electron chi connectivity index (χ3n) is 6.58. The normalized spacial score (nSPS) is 16.0. The molecular weight excluding hydrogens is 518 g/mol. The number of aryl methyl sites for hydroxylation is 1. The summed E-state index contributed by atoms with van der Waals surface area (Å²) >= 11 is 6.66. The van der Waals surface area contributed by atoms with Crippen molar-refractivity contribution in [3.05, 3.63) is 66.0 Å². The van der Waals surface area contributed by atoms with E-state index in [0.717, 1.165) is 25.3 Å². The van der Waals surface area contributed by atoms with E-state index in [2.05, 4.69) is 17.2 Å². The molecule has 39 heavy (non-hydrogen) atoms. The van der Waals surface area contributed by atoms with Crippen LogP contribution < -0.4 is 10.6 Å². The smallest absolute Gasteiger partial charge is 0.261 e. The summed E-state index contributed by atoms with van der Waals surface area (Å²) in [6, 6.07) is 5.29. The minimum Gasteiger partial charge on any atom is -0.354 e. The van der Waals surface area contributed by atoms with E-state index < -0.39 is 11.8 Å². The molecule has 0 saturated carbocycles. The van der Waals surface area contributed by atoms with Crippen LogP contribution in [0.4, 0.5) is 11.6 Å².